The highest BCUT2D eigenvalue weighted by atomic mass is 32.1. The molecule has 1 rings (SSSR count). The van der Waals surface area contributed by atoms with Crippen LogP contribution in [0, 0.1) is 24.2 Å². The van der Waals surface area contributed by atoms with Crippen LogP contribution in [0.25, 0.3) is 0 Å². The Hall–Kier alpha value is -0.920. The Morgan fingerprint density at radius 2 is 2.58 bits per heavy atom. The van der Waals surface area contributed by atoms with E-state index in [-0.39, 0.29) is 12.5 Å². The van der Waals surface area contributed by atoms with Crippen molar-refractivity contribution >= 4 is 11.3 Å². The molecule has 0 aliphatic heterocycles. The number of nitrogens with zero attached hydrogens (tertiary/aromatic N) is 2. The average Bonchev–Trinajstić information content (AvgIpc) is 2.47. The number of rotatable bonds is 3. The van der Waals surface area contributed by atoms with Gasteiger partial charge in [0.1, 0.15) is 0 Å². The van der Waals surface area contributed by atoms with Gasteiger partial charge >= 0.3 is 0 Å². The second-order valence-corrected chi connectivity index (χ2v) is 3.63. The van der Waals surface area contributed by atoms with Crippen LogP contribution in [-0.4, -0.2) is 16.7 Å². The fourth-order valence-electron chi connectivity index (χ4n) is 0.905. The predicted octanol–water partition coefficient (Wildman–Crippen LogP) is 1.13. The quantitative estimate of drug-likeness (QED) is 0.762. The third-order valence-electron chi connectivity index (χ3n) is 1.53. The molecule has 0 amide bonds. The summed E-state index contributed by atoms with van der Waals surface area (Å²) in [5.41, 5.74) is 0.901. The average molecular weight is 182 g/mol. The van der Waals surface area contributed by atoms with Gasteiger partial charge in [0.05, 0.1) is 29.3 Å². The number of hydrogen-bond acceptors (Lipinski definition) is 4. The first-order valence-electron chi connectivity index (χ1n) is 3.67. The highest BCUT2D eigenvalue weighted by Gasteiger charge is 2.08. The molecule has 0 bridgehead atoms. The lowest BCUT2D eigenvalue weighted by Crippen LogP contribution is -2.06. The number of aliphatic hydroxyl groups is 1. The molecule has 0 fully saturated rings. The minimum Gasteiger partial charge on any atom is -0.395 e. The Morgan fingerprint density at radius 3 is 3.00 bits per heavy atom. The van der Waals surface area contributed by atoms with Crippen molar-refractivity contribution in [3.63, 3.8) is 0 Å². The molecule has 64 valence electrons. The lowest BCUT2D eigenvalue weighted by molar-refractivity contribution is 0.255. The van der Waals surface area contributed by atoms with E-state index >= 15 is 0 Å². The van der Waals surface area contributed by atoms with E-state index in [2.05, 4.69) is 4.98 Å². The smallest absolute Gasteiger partial charge is 0.0897 e. The summed E-state index contributed by atoms with van der Waals surface area (Å²) in [4.78, 5) is 4.20. The molecule has 3 nitrogen and oxygen atoms in total. The van der Waals surface area contributed by atoms with E-state index in [1.54, 1.807) is 11.3 Å². The summed E-state index contributed by atoms with van der Waals surface area (Å²) in [5, 5.41) is 20.2. The zero-order chi connectivity index (χ0) is 8.97. The Kier molecular flexibility index (Phi) is 3.20. The molecule has 1 N–H and O–H groups in total. The molecule has 0 spiro atoms. The molecule has 0 aromatic carbocycles. The number of aliphatic hydroxyl groups excluding tert-OH is 1. The van der Waals surface area contributed by atoms with Gasteiger partial charge in [0.2, 0.25) is 0 Å². The molecule has 4 heteroatoms. The zero-order valence-electron chi connectivity index (χ0n) is 6.82. The van der Waals surface area contributed by atoms with Crippen molar-refractivity contribution in [1.82, 2.24) is 4.98 Å². The summed E-state index contributed by atoms with van der Waals surface area (Å²) in [6.07, 6.45) is 0.553. The van der Waals surface area contributed by atoms with Gasteiger partial charge in [-0.1, -0.05) is 0 Å². The highest BCUT2D eigenvalue weighted by Crippen LogP contribution is 2.11. The molecular weight excluding hydrogens is 172 g/mol. The zero-order valence-corrected chi connectivity index (χ0v) is 7.64. The number of aromatic nitrogens is 1. The largest absolute Gasteiger partial charge is 0.395 e. The minimum atomic E-state index is -0.313. The Morgan fingerprint density at radius 1 is 1.83 bits per heavy atom. The van der Waals surface area contributed by atoms with Crippen LogP contribution >= 0.6 is 11.3 Å². The van der Waals surface area contributed by atoms with Gasteiger partial charge in [-0.25, -0.2) is 4.98 Å². The maximum absolute atomic E-state index is 8.75. The van der Waals surface area contributed by atoms with Crippen LogP contribution in [0.2, 0.25) is 0 Å². The Bertz CT molecular complexity index is 289. The van der Waals surface area contributed by atoms with Gasteiger partial charge in [0.15, 0.2) is 0 Å². The lowest BCUT2D eigenvalue weighted by Gasteiger charge is -2.00. The van der Waals surface area contributed by atoms with E-state index in [9.17, 15) is 0 Å². The first-order chi connectivity index (χ1) is 5.76. The van der Waals surface area contributed by atoms with Crippen LogP contribution in [0.3, 0.4) is 0 Å². The molecule has 1 aromatic heterocycles. The van der Waals surface area contributed by atoms with E-state index in [0.29, 0.717) is 6.42 Å². The summed E-state index contributed by atoms with van der Waals surface area (Å²) >= 11 is 1.57. The third-order valence-corrected chi connectivity index (χ3v) is 2.35. The fraction of sp³-hybridized carbons (Fsp3) is 0.500. The molecule has 0 radical (unpaired) electrons. The maximum atomic E-state index is 8.75. The van der Waals surface area contributed by atoms with Gasteiger partial charge in [0.25, 0.3) is 0 Å². The second kappa shape index (κ2) is 4.19. The number of thiazole rings is 1. The monoisotopic (exact) mass is 182 g/mol. The SMILES string of the molecule is Cc1nc(CC(C#N)CO)cs1. The van der Waals surface area contributed by atoms with E-state index < -0.39 is 0 Å². The molecule has 1 unspecified atom stereocenters. The topological polar surface area (TPSA) is 56.9 Å². The molecule has 0 aliphatic carbocycles. The number of aryl methyl sites for hydroxylation is 1. The first kappa shape index (κ1) is 9.17. The Balaban J connectivity index is 2.58. The molecule has 0 aliphatic rings. The summed E-state index contributed by atoms with van der Waals surface area (Å²) < 4.78 is 0. The maximum Gasteiger partial charge on any atom is 0.0897 e. The summed E-state index contributed by atoms with van der Waals surface area (Å²) in [6.45, 7) is 1.83. The third kappa shape index (κ3) is 2.29. The van der Waals surface area contributed by atoms with Crippen LogP contribution in [0.15, 0.2) is 5.38 Å². The van der Waals surface area contributed by atoms with Crippen molar-refractivity contribution in [3.8, 4) is 6.07 Å². The standard InChI is InChI=1S/C8H10N2OS/c1-6-10-8(5-12-6)2-7(3-9)4-11/h5,7,11H,2,4H2,1H3. The number of hydrogen-bond donors (Lipinski definition) is 1. The van der Waals surface area contributed by atoms with E-state index in [1.807, 2.05) is 18.4 Å². The summed E-state index contributed by atoms with van der Waals surface area (Å²) in [7, 11) is 0. The van der Waals surface area contributed by atoms with E-state index in [1.165, 1.54) is 0 Å². The van der Waals surface area contributed by atoms with Gasteiger partial charge in [-0.2, -0.15) is 5.26 Å². The molecular formula is C8H10N2OS. The van der Waals surface area contributed by atoms with Crippen LogP contribution < -0.4 is 0 Å². The highest BCUT2D eigenvalue weighted by molar-refractivity contribution is 7.09. The normalized spacial score (nSPS) is 12.4. The van der Waals surface area contributed by atoms with E-state index in [0.717, 1.165) is 10.7 Å². The van der Waals surface area contributed by atoms with Gasteiger partial charge in [-0.15, -0.1) is 11.3 Å². The summed E-state index contributed by atoms with van der Waals surface area (Å²) in [6, 6.07) is 2.02. The van der Waals surface area contributed by atoms with Crippen molar-refractivity contribution in [2.75, 3.05) is 6.61 Å². The van der Waals surface area contributed by atoms with Crippen LogP contribution in [0.4, 0.5) is 0 Å². The van der Waals surface area contributed by atoms with Crippen LogP contribution in [0.5, 0.6) is 0 Å². The lowest BCUT2D eigenvalue weighted by atomic mass is 10.1. The first-order valence-corrected chi connectivity index (χ1v) is 4.55. The van der Waals surface area contributed by atoms with Crippen molar-refractivity contribution in [3.05, 3.63) is 16.1 Å². The van der Waals surface area contributed by atoms with Crippen molar-refractivity contribution in [2.45, 2.75) is 13.3 Å². The van der Waals surface area contributed by atoms with E-state index in [4.69, 9.17) is 10.4 Å². The second-order valence-electron chi connectivity index (χ2n) is 2.57. The molecule has 0 saturated heterocycles. The van der Waals surface area contributed by atoms with Gasteiger partial charge in [-0.3, -0.25) is 0 Å². The fourth-order valence-corrected chi connectivity index (χ4v) is 1.53. The molecule has 12 heavy (non-hydrogen) atoms. The van der Waals surface area contributed by atoms with Crippen molar-refractivity contribution in [2.24, 2.45) is 5.92 Å². The predicted molar refractivity (Wildman–Crippen MR) is 46.7 cm³/mol. The van der Waals surface area contributed by atoms with Crippen molar-refractivity contribution < 1.29 is 5.11 Å². The van der Waals surface area contributed by atoms with Gasteiger partial charge in [-0.05, 0) is 6.92 Å². The summed E-state index contributed by atoms with van der Waals surface area (Å²) in [5.74, 6) is -0.313. The minimum absolute atomic E-state index is 0.0902. The molecule has 0 saturated carbocycles. The van der Waals surface area contributed by atoms with Crippen molar-refractivity contribution in [1.29, 1.82) is 5.26 Å². The molecule has 1 atom stereocenters. The van der Waals surface area contributed by atoms with Gasteiger partial charge in [0, 0.05) is 11.8 Å². The molecule has 1 aromatic rings. The van der Waals surface area contributed by atoms with Crippen LogP contribution in [-0.2, 0) is 6.42 Å². The van der Waals surface area contributed by atoms with Gasteiger partial charge < -0.3 is 5.11 Å². The Labute approximate surface area is 75.3 Å². The molecule has 1 heterocycles. The number of nitriles is 1. The van der Waals surface area contributed by atoms with Crippen LogP contribution in [0.1, 0.15) is 10.7 Å².